The summed E-state index contributed by atoms with van der Waals surface area (Å²) in [5, 5.41) is 12.6. The zero-order chi connectivity index (χ0) is 13.6. The van der Waals surface area contributed by atoms with Gasteiger partial charge in [0.15, 0.2) is 0 Å². The van der Waals surface area contributed by atoms with Crippen LogP contribution in [-0.4, -0.2) is 73.4 Å². The van der Waals surface area contributed by atoms with Gasteiger partial charge in [-0.1, -0.05) is 0 Å². The van der Waals surface area contributed by atoms with Gasteiger partial charge in [0.05, 0.1) is 6.61 Å². The Labute approximate surface area is 112 Å². The van der Waals surface area contributed by atoms with Gasteiger partial charge in [-0.3, -0.25) is 4.90 Å². The highest BCUT2D eigenvalue weighted by Crippen LogP contribution is 2.14. The molecule has 0 spiro atoms. The van der Waals surface area contributed by atoms with Crippen LogP contribution in [0.2, 0.25) is 0 Å². The fourth-order valence-electron chi connectivity index (χ4n) is 2.71. The third kappa shape index (κ3) is 4.84. The summed E-state index contributed by atoms with van der Waals surface area (Å²) in [5.41, 5.74) is -0.119. The second-order valence-corrected chi connectivity index (χ2v) is 6.07. The molecule has 0 aromatic heterocycles. The molecular formula is C14H31N3O. The third-order valence-corrected chi connectivity index (χ3v) is 4.31. The Balaban J connectivity index is 2.33. The lowest BCUT2D eigenvalue weighted by molar-refractivity contribution is 0.154. The zero-order valence-electron chi connectivity index (χ0n) is 12.6. The van der Waals surface area contributed by atoms with Crippen molar-refractivity contribution in [3.05, 3.63) is 0 Å². The molecule has 2 unspecified atom stereocenters. The minimum atomic E-state index is -0.119. The molecule has 0 aromatic carbocycles. The van der Waals surface area contributed by atoms with E-state index in [4.69, 9.17) is 0 Å². The molecule has 1 rings (SSSR count). The lowest BCUT2D eigenvalue weighted by Gasteiger charge is -2.31. The monoisotopic (exact) mass is 257 g/mol. The van der Waals surface area contributed by atoms with Crippen LogP contribution < -0.4 is 5.32 Å². The second kappa shape index (κ2) is 7.43. The Bertz CT molecular complexity index is 231. The standard InChI is InChI=1S/C14H31N3O/c1-13-11-16(4)8-6-10-17(13)9-5-7-14(2,12-18)15-3/h13,15,18H,5-12H2,1-4H3. The van der Waals surface area contributed by atoms with Gasteiger partial charge in [-0.05, 0) is 66.8 Å². The quantitative estimate of drug-likeness (QED) is 0.737. The molecule has 1 aliphatic heterocycles. The van der Waals surface area contributed by atoms with Crippen molar-refractivity contribution in [3.63, 3.8) is 0 Å². The molecule has 0 saturated carbocycles. The van der Waals surface area contributed by atoms with Crippen molar-refractivity contribution in [1.82, 2.24) is 15.1 Å². The number of nitrogens with one attached hydrogen (secondary N) is 1. The van der Waals surface area contributed by atoms with Gasteiger partial charge in [0.25, 0.3) is 0 Å². The van der Waals surface area contributed by atoms with E-state index in [1.54, 1.807) is 0 Å². The lowest BCUT2D eigenvalue weighted by atomic mass is 9.97. The molecule has 0 bridgehead atoms. The first-order valence-electron chi connectivity index (χ1n) is 7.23. The highest BCUT2D eigenvalue weighted by molar-refractivity contribution is 4.82. The molecule has 0 aliphatic carbocycles. The molecule has 2 N–H and O–H groups in total. The van der Waals surface area contributed by atoms with E-state index in [0.29, 0.717) is 6.04 Å². The Morgan fingerprint density at radius 2 is 2.11 bits per heavy atom. The van der Waals surface area contributed by atoms with Crippen molar-refractivity contribution in [2.24, 2.45) is 0 Å². The first-order valence-corrected chi connectivity index (χ1v) is 7.23. The fraction of sp³-hybridized carbons (Fsp3) is 1.00. The zero-order valence-corrected chi connectivity index (χ0v) is 12.6. The fourth-order valence-corrected chi connectivity index (χ4v) is 2.71. The van der Waals surface area contributed by atoms with E-state index < -0.39 is 0 Å². The lowest BCUT2D eigenvalue weighted by Crippen LogP contribution is -2.44. The van der Waals surface area contributed by atoms with Gasteiger partial charge in [-0.25, -0.2) is 0 Å². The first kappa shape index (κ1) is 15.9. The number of hydrogen-bond donors (Lipinski definition) is 2. The number of aliphatic hydroxyl groups is 1. The second-order valence-electron chi connectivity index (χ2n) is 6.07. The highest BCUT2D eigenvalue weighted by atomic mass is 16.3. The summed E-state index contributed by atoms with van der Waals surface area (Å²) in [7, 11) is 4.14. The van der Waals surface area contributed by atoms with E-state index >= 15 is 0 Å². The molecule has 0 aromatic rings. The van der Waals surface area contributed by atoms with Crippen molar-refractivity contribution in [1.29, 1.82) is 0 Å². The van der Waals surface area contributed by atoms with Crippen molar-refractivity contribution in [2.45, 2.75) is 44.7 Å². The van der Waals surface area contributed by atoms with Gasteiger partial charge >= 0.3 is 0 Å². The van der Waals surface area contributed by atoms with Gasteiger partial charge < -0.3 is 15.3 Å². The summed E-state index contributed by atoms with van der Waals surface area (Å²) in [6.45, 7) is 9.36. The van der Waals surface area contributed by atoms with Crippen LogP contribution in [0.4, 0.5) is 0 Å². The summed E-state index contributed by atoms with van der Waals surface area (Å²) in [6.07, 6.45) is 3.44. The minimum Gasteiger partial charge on any atom is -0.394 e. The Kier molecular flexibility index (Phi) is 6.57. The van der Waals surface area contributed by atoms with Crippen LogP contribution in [0.5, 0.6) is 0 Å². The van der Waals surface area contributed by atoms with Gasteiger partial charge in [-0.2, -0.15) is 0 Å². The topological polar surface area (TPSA) is 38.7 Å². The molecule has 0 amide bonds. The maximum atomic E-state index is 9.37. The van der Waals surface area contributed by atoms with E-state index in [-0.39, 0.29) is 12.1 Å². The van der Waals surface area contributed by atoms with Crippen molar-refractivity contribution < 1.29 is 5.11 Å². The molecule has 1 fully saturated rings. The molecule has 1 heterocycles. The third-order valence-electron chi connectivity index (χ3n) is 4.31. The smallest absolute Gasteiger partial charge is 0.0610 e. The number of hydrogen-bond acceptors (Lipinski definition) is 4. The Hall–Kier alpha value is -0.160. The summed E-state index contributed by atoms with van der Waals surface area (Å²) in [6, 6.07) is 0.646. The maximum absolute atomic E-state index is 9.37. The van der Waals surface area contributed by atoms with Crippen LogP contribution in [0.3, 0.4) is 0 Å². The van der Waals surface area contributed by atoms with Crippen LogP contribution in [0.1, 0.15) is 33.1 Å². The largest absolute Gasteiger partial charge is 0.394 e. The van der Waals surface area contributed by atoms with Crippen LogP contribution in [-0.2, 0) is 0 Å². The SMILES string of the molecule is CNC(C)(CO)CCCN1CCCN(C)CC1C. The summed E-state index contributed by atoms with van der Waals surface area (Å²) in [4.78, 5) is 5.02. The Morgan fingerprint density at radius 1 is 1.39 bits per heavy atom. The summed E-state index contributed by atoms with van der Waals surface area (Å²) < 4.78 is 0. The predicted octanol–water partition coefficient (Wildman–Crippen LogP) is 0.763. The van der Waals surface area contributed by atoms with E-state index in [2.05, 4.69) is 36.0 Å². The van der Waals surface area contributed by atoms with Gasteiger partial charge in [0.2, 0.25) is 0 Å². The summed E-state index contributed by atoms with van der Waals surface area (Å²) >= 11 is 0. The number of rotatable bonds is 6. The highest BCUT2D eigenvalue weighted by Gasteiger charge is 2.23. The van der Waals surface area contributed by atoms with E-state index in [0.717, 1.165) is 19.4 Å². The van der Waals surface area contributed by atoms with E-state index in [9.17, 15) is 5.11 Å². The van der Waals surface area contributed by atoms with Crippen molar-refractivity contribution in [3.8, 4) is 0 Å². The number of aliphatic hydroxyl groups excluding tert-OH is 1. The van der Waals surface area contributed by atoms with Crippen LogP contribution >= 0.6 is 0 Å². The van der Waals surface area contributed by atoms with E-state index in [1.807, 2.05) is 7.05 Å². The van der Waals surface area contributed by atoms with Gasteiger partial charge in [-0.15, -0.1) is 0 Å². The molecule has 2 atom stereocenters. The van der Waals surface area contributed by atoms with E-state index in [1.165, 1.54) is 26.1 Å². The van der Waals surface area contributed by atoms with Crippen LogP contribution in [0, 0.1) is 0 Å². The predicted molar refractivity (Wildman–Crippen MR) is 76.9 cm³/mol. The molecule has 0 radical (unpaired) electrons. The molecule has 108 valence electrons. The minimum absolute atomic E-state index is 0.119. The average molecular weight is 257 g/mol. The molecule has 4 nitrogen and oxygen atoms in total. The van der Waals surface area contributed by atoms with Gasteiger partial charge in [0, 0.05) is 18.1 Å². The van der Waals surface area contributed by atoms with Crippen molar-refractivity contribution >= 4 is 0 Å². The molecular weight excluding hydrogens is 226 g/mol. The summed E-state index contributed by atoms with van der Waals surface area (Å²) in [5.74, 6) is 0. The Morgan fingerprint density at radius 3 is 2.72 bits per heavy atom. The van der Waals surface area contributed by atoms with Crippen LogP contribution in [0.15, 0.2) is 0 Å². The van der Waals surface area contributed by atoms with Gasteiger partial charge in [0.1, 0.15) is 0 Å². The number of likely N-dealkylation sites (N-methyl/N-ethyl adjacent to an activating group) is 2. The average Bonchev–Trinajstić information content (AvgIpc) is 2.51. The van der Waals surface area contributed by atoms with Crippen LogP contribution in [0.25, 0.3) is 0 Å². The maximum Gasteiger partial charge on any atom is 0.0610 e. The molecule has 4 heteroatoms. The molecule has 1 saturated heterocycles. The molecule has 18 heavy (non-hydrogen) atoms. The first-order chi connectivity index (χ1) is 8.50. The molecule has 1 aliphatic rings. The number of nitrogens with zero attached hydrogens (tertiary/aromatic N) is 2. The normalized spacial score (nSPS) is 26.8. The van der Waals surface area contributed by atoms with Crippen molar-refractivity contribution in [2.75, 3.05) is 46.9 Å².